The summed E-state index contributed by atoms with van der Waals surface area (Å²) in [6, 6.07) is 1.38. The molecule has 0 saturated heterocycles. The van der Waals surface area contributed by atoms with Gasteiger partial charge >= 0.3 is 0 Å². The molecule has 0 atom stereocenters. The second-order valence-corrected chi connectivity index (χ2v) is 12.5. The van der Waals surface area contributed by atoms with Gasteiger partial charge in [-0.1, -0.05) is 12.8 Å². The molecule has 0 saturated carbocycles. The maximum Gasteiger partial charge on any atom is 0.240 e. The van der Waals surface area contributed by atoms with Crippen molar-refractivity contribution in [1.82, 2.24) is 0 Å². The van der Waals surface area contributed by atoms with Gasteiger partial charge in [-0.05, 0) is 38.3 Å². The maximum absolute atomic E-state index is 13.1. The largest absolute Gasteiger partial charge is 0.314 e. The first-order valence-corrected chi connectivity index (χ1v) is 10.8. The maximum atomic E-state index is 13.1. The minimum Gasteiger partial charge on any atom is -0.314 e. The van der Waals surface area contributed by atoms with E-state index in [0.29, 0.717) is 12.1 Å². The van der Waals surface area contributed by atoms with Crippen molar-refractivity contribution in [2.75, 3.05) is 0 Å². The summed E-state index contributed by atoms with van der Waals surface area (Å²) in [7, 11) is -4.72. The second kappa shape index (κ2) is 4.51. The molecule has 0 bridgehead atoms. The number of unbranched alkanes of at least 4 members (excludes halogenated alkanes) is 1. The quantitative estimate of drug-likeness (QED) is 0.364. The van der Waals surface area contributed by atoms with Crippen LogP contribution in [-0.4, -0.2) is 16.8 Å². The minimum absolute atomic E-state index is 0.692. The van der Waals surface area contributed by atoms with Crippen LogP contribution in [0.2, 0.25) is 38.3 Å². The molecule has 0 aliphatic carbocycles. The Labute approximate surface area is 76.7 Å². The Kier molecular flexibility index (Phi) is 4.62. The van der Waals surface area contributed by atoms with E-state index in [2.05, 4.69) is 0 Å². The number of rotatable bonds is 5. The van der Waals surface area contributed by atoms with Crippen LogP contribution >= 0.6 is 0 Å². The van der Waals surface area contributed by atoms with E-state index in [1.807, 2.05) is 0 Å². The van der Waals surface area contributed by atoms with E-state index < -0.39 is 16.8 Å². The predicted octanol–water partition coefficient (Wildman–Crippen LogP) is 4.12. The molecule has 0 nitrogen and oxygen atoms in total. The lowest BCUT2D eigenvalue weighted by Crippen LogP contribution is -2.19. The number of hydrogen-bond acceptors (Lipinski definition) is 0. The molecular formula is C8H20F2Si2. The van der Waals surface area contributed by atoms with E-state index in [0.717, 1.165) is 12.8 Å². The highest BCUT2D eigenvalue weighted by molar-refractivity contribution is 6.71. The summed E-state index contributed by atoms with van der Waals surface area (Å²) in [4.78, 5) is 0. The Balaban J connectivity index is 3.35. The van der Waals surface area contributed by atoms with Crippen molar-refractivity contribution < 1.29 is 8.22 Å². The smallest absolute Gasteiger partial charge is 0.240 e. The van der Waals surface area contributed by atoms with Gasteiger partial charge < -0.3 is 8.22 Å². The molecule has 0 amide bonds. The third-order valence-electron chi connectivity index (χ3n) is 1.79. The van der Waals surface area contributed by atoms with Crippen LogP contribution in [0.25, 0.3) is 0 Å². The van der Waals surface area contributed by atoms with Gasteiger partial charge in [0.1, 0.15) is 0 Å². The van der Waals surface area contributed by atoms with Crippen molar-refractivity contribution in [3.8, 4) is 0 Å². The van der Waals surface area contributed by atoms with Gasteiger partial charge in [-0.25, -0.2) is 0 Å². The zero-order chi connectivity index (χ0) is 9.83. The normalized spacial score (nSPS) is 13.5. The van der Waals surface area contributed by atoms with Gasteiger partial charge in [0.05, 0.1) is 0 Å². The summed E-state index contributed by atoms with van der Waals surface area (Å²) in [6.07, 6.45) is 1.74. The summed E-state index contributed by atoms with van der Waals surface area (Å²) in [5.41, 5.74) is 0. The highest BCUT2D eigenvalue weighted by atomic mass is 28.4. The molecule has 0 fully saturated rings. The summed E-state index contributed by atoms with van der Waals surface area (Å²) in [5, 5.41) is 0. The fraction of sp³-hybridized carbons (Fsp3) is 1.00. The Bertz CT molecular complexity index is 108. The third-order valence-corrected chi connectivity index (χ3v) is 4.88. The van der Waals surface area contributed by atoms with E-state index in [1.54, 1.807) is 26.2 Å². The molecule has 0 heterocycles. The Hall–Kier alpha value is 0.294. The molecule has 74 valence electrons. The number of halogens is 2. The molecular weight excluding hydrogens is 190 g/mol. The zero-order valence-corrected chi connectivity index (χ0v) is 10.6. The van der Waals surface area contributed by atoms with Crippen molar-refractivity contribution in [2.45, 2.75) is 51.1 Å². The topological polar surface area (TPSA) is 0 Å². The van der Waals surface area contributed by atoms with Crippen molar-refractivity contribution in [3.63, 3.8) is 0 Å². The van der Waals surface area contributed by atoms with Crippen LogP contribution in [-0.2, 0) is 0 Å². The summed E-state index contributed by atoms with van der Waals surface area (Å²) >= 11 is 0. The third kappa shape index (κ3) is 10.3. The van der Waals surface area contributed by atoms with Gasteiger partial charge in [-0.2, -0.15) is 0 Å². The molecule has 0 rings (SSSR count). The van der Waals surface area contributed by atoms with Gasteiger partial charge in [0.2, 0.25) is 16.8 Å². The average Bonchev–Trinajstić information content (AvgIpc) is 1.76. The second-order valence-electron chi connectivity index (χ2n) is 4.64. The molecule has 0 aliphatic heterocycles. The van der Waals surface area contributed by atoms with Gasteiger partial charge in [0, 0.05) is 0 Å². The molecule has 0 N–H and O–H groups in total. The first-order valence-electron chi connectivity index (χ1n) is 4.59. The fourth-order valence-electron chi connectivity index (χ4n) is 1.09. The predicted molar refractivity (Wildman–Crippen MR) is 56.0 cm³/mol. The molecule has 0 unspecified atom stereocenters. The average molecular weight is 210 g/mol. The van der Waals surface area contributed by atoms with E-state index >= 15 is 0 Å². The van der Waals surface area contributed by atoms with Crippen LogP contribution in [0.5, 0.6) is 0 Å². The van der Waals surface area contributed by atoms with Crippen LogP contribution < -0.4 is 0 Å². The standard InChI is InChI=1S/C8H20F2Si2/c1-11(2,9)7-5-6-8-12(3,4)10/h5-8H2,1-4H3. The van der Waals surface area contributed by atoms with Gasteiger partial charge in [0.15, 0.2) is 0 Å². The Morgan fingerprint density at radius 3 is 1.17 bits per heavy atom. The van der Waals surface area contributed by atoms with Crippen molar-refractivity contribution in [1.29, 1.82) is 0 Å². The zero-order valence-electron chi connectivity index (χ0n) is 8.58. The van der Waals surface area contributed by atoms with E-state index in [-0.39, 0.29) is 0 Å². The molecule has 0 aromatic rings. The molecule has 12 heavy (non-hydrogen) atoms. The Morgan fingerprint density at radius 1 is 0.750 bits per heavy atom. The molecule has 0 aromatic heterocycles. The summed E-state index contributed by atoms with van der Waals surface area (Å²) < 4.78 is 26.1. The number of hydrogen-bond donors (Lipinski definition) is 0. The van der Waals surface area contributed by atoms with Crippen molar-refractivity contribution in [2.24, 2.45) is 0 Å². The van der Waals surface area contributed by atoms with Crippen LogP contribution in [0.3, 0.4) is 0 Å². The molecule has 4 heteroatoms. The molecule has 0 spiro atoms. The van der Waals surface area contributed by atoms with Crippen LogP contribution in [0, 0.1) is 0 Å². The van der Waals surface area contributed by atoms with E-state index in [4.69, 9.17) is 0 Å². The van der Waals surface area contributed by atoms with Crippen LogP contribution in [0.4, 0.5) is 8.22 Å². The van der Waals surface area contributed by atoms with Crippen molar-refractivity contribution >= 4 is 16.8 Å². The summed E-state index contributed by atoms with van der Waals surface area (Å²) in [5.74, 6) is 0. The summed E-state index contributed by atoms with van der Waals surface area (Å²) in [6.45, 7) is 6.85. The first kappa shape index (κ1) is 12.3. The first-order chi connectivity index (χ1) is 5.21. The van der Waals surface area contributed by atoms with Crippen LogP contribution in [0.1, 0.15) is 12.8 Å². The van der Waals surface area contributed by atoms with Gasteiger partial charge in [-0.15, -0.1) is 0 Å². The molecule has 0 aromatic carbocycles. The lowest BCUT2D eigenvalue weighted by molar-refractivity contribution is 0.721. The van der Waals surface area contributed by atoms with Gasteiger partial charge in [-0.3, -0.25) is 0 Å². The lowest BCUT2D eigenvalue weighted by Gasteiger charge is -2.13. The lowest BCUT2D eigenvalue weighted by atomic mass is 10.4. The van der Waals surface area contributed by atoms with Crippen molar-refractivity contribution in [3.05, 3.63) is 0 Å². The SMILES string of the molecule is C[Si](C)(F)CCCC[Si](C)(C)F. The highest BCUT2D eigenvalue weighted by Crippen LogP contribution is 2.19. The minimum atomic E-state index is -2.36. The Morgan fingerprint density at radius 2 is 1.00 bits per heavy atom. The molecule has 0 aliphatic rings. The van der Waals surface area contributed by atoms with Gasteiger partial charge in [0.25, 0.3) is 0 Å². The fourth-order valence-corrected chi connectivity index (χ4v) is 3.27. The van der Waals surface area contributed by atoms with E-state index in [1.165, 1.54) is 0 Å². The molecule has 0 radical (unpaired) electrons. The highest BCUT2D eigenvalue weighted by Gasteiger charge is 2.22. The van der Waals surface area contributed by atoms with E-state index in [9.17, 15) is 8.22 Å². The monoisotopic (exact) mass is 210 g/mol. The van der Waals surface area contributed by atoms with Crippen LogP contribution in [0.15, 0.2) is 0 Å².